The van der Waals surface area contributed by atoms with Crippen LogP contribution in [0.5, 0.6) is 0 Å². The first kappa shape index (κ1) is 14.8. The fraction of sp³-hybridized carbons (Fsp3) is 0.643. The van der Waals surface area contributed by atoms with Crippen LogP contribution in [0.1, 0.15) is 31.6 Å². The molecule has 0 saturated carbocycles. The minimum Gasteiger partial charge on any atom is -0.342 e. The minimum absolute atomic E-state index is 0.0140. The summed E-state index contributed by atoms with van der Waals surface area (Å²) in [6, 6.07) is 4.07. The van der Waals surface area contributed by atoms with Crippen LogP contribution < -0.4 is 5.73 Å². The Bertz CT molecular complexity index is 458. The summed E-state index contributed by atoms with van der Waals surface area (Å²) in [6.45, 7) is 5.82. The van der Waals surface area contributed by atoms with Gasteiger partial charge in [-0.2, -0.15) is 0 Å². The number of piperidine rings is 1. The molecule has 0 aromatic carbocycles. The highest BCUT2D eigenvalue weighted by molar-refractivity contribution is 7.16. The lowest BCUT2D eigenvalue weighted by Gasteiger charge is -2.42. The van der Waals surface area contributed by atoms with E-state index in [1.165, 1.54) is 4.88 Å². The zero-order valence-electron chi connectivity index (χ0n) is 11.5. The van der Waals surface area contributed by atoms with Crippen molar-refractivity contribution in [2.75, 3.05) is 13.1 Å². The van der Waals surface area contributed by atoms with Crippen molar-refractivity contribution in [1.82, 2.24) is 4.90 Å². The van der Waals surface area contributed by atoms with E-state index in [9.17, 15) is 4.79 Å². The van der Waals surface area contributed by atoms with E-state index >= 15 is 0 Å². The summed E-state index contributed by atoms with van der Waals surface area (Å²) in [7, 11) is 0. The Kier molecular flexibility index (Phi) is 4.54. The Morgan fingerprint density at radius 1 is 1.58 bits per heavy atom. The number of nitrogens with two attached hydrogens (primary N) is 1. The van der Waals surface area contributed by atoms with E-state index in [4.69, 9.17) is 17.3 Å². The molecule has 0 bridgehead atoms. The van der Waals surface area contributed by atoms with Crippen molar-refractivity contribution in [3.05, 3.63) is 21.3 Å². The lowest BCUT2D eigenvalue weighted by atomic mass is 9.79. The topological polar surface area (TPSA) is 46.3 Å². The molecule has 1 saturated heterocycles. The molecule has 1 atom stereocenters. The molecule has 0 spiro atoms. The Morgan fingerprint density at radius 3 is 2.89 bits per heavy atom. The SMILES string of the molecule is CC1(C)CN(C(=O)CCc2ccc(Cl)s2)CCC1N. The summed E-state index contributed by atoms with van der Waals surface area (Å²) < 4.78 is 0.785. The molecule has 1 aliphatic heterocycles. The first-order chi connectivity index (χ1) is 8.88. The van der Waals surface area contributed by atoms with Crippen LogP contribution in [0.3, 0.4) is 0 Å². The fourth-order valence-electron chi connectivity index (χ4n) is 2.46. The highest BCUT2D eigenvalue weighted by Crippen LogP contribution is 2.28. The van der Waals surface area contributed by atoms with Gasteiger partial charge in [-0.3, -0.25) is 4.79 Å². The molecule has 1 amide bonds. The zero-order valence-corrected chi connectivity index (χ0v) is 13.1. The number of carbonyl (C=O) groups excluding carboxylic acids is 1. The van der Waals surface area contributed by atoms with Gasteiger partial charge >= 0.3 is 0 Å². The third-order valence-corrected chi connectivity index (χ3v) is 5.17. The molecular weight excluding hydrogens is 280 g/mol. The maximum absolute atomic E-state index is 12.2. The van der Waals surface area contributed by atoms with Gasteiger partial charge in [-0.1, -0.05) is 25.4 Å². The standard InChI is InChI=1S/C14H21ClN2OS/c1-14(2)9-17(8-7-11(14)16)13(18)6-4-10-3-5-12(15)19-10/h3,5,11H,4,6-9,16H2,1-2H3. The molecule has 19 heavy (non-hydrogen) atoms. The molecule has 5 heteroatoms. The second kappa shape index (κ2) is 5.81. The zero-order chi connectivity index (χ0) is 14.0. The van der Waals surface area contributed by atoms with Crippen molar-refractivity contribution in [2.45, 2.75) is 39.2 Å². The fourth-order valence-corrected chi connectivity index (χ4v) is 3.55. The molecule has 2 N–H and O–H groups in total. The third kappa shape index (κ3) is 3.71. The molecular formula is C14H21ClN2OS. The van der Waals surface area contributed by atoms with Gasteiger partial charge in [0.1, 0.15) is 0 Å². The van der Waals surface area contributed by atoms with Gasteiger partial charge in [0.25, 0.3) is 0 Å². The van der Waals surface area contributed by atoms with Crippen LogP contribution in [0.25, 0.3) is 0 Å². The van der Waals surface area contributed by atoms with Gasteiger partial charge in [-0.15, -0.1) is 11.3 Å². The average molecular weight is 301 g/mol. The molecule has 2 rings (SSSR count). The number of aryl methyl sites for hydroxylation is 1. The van der Waals surface area contributed by atoms with Crippen molar-refractivity contribution in [2.24, 2.45) is 11.1 Å². The molecule has 1 unspecified atom stereocenters. The Labute approximate surface area is 123 Å². The summed E-state index contributed by atoms with van der Waals surface area (Å²) in [6.07, 6.45) is 2.23. The summed E-state index contributed by atoms with van der Waals surface area (Å²) in [4.78, 5) is 15.4. The largest absolute Gasteiger partial charge is 0.342 e. The maximum atomic E-state index is 12.2. The van der Waals surface area contributed by atoms with Crippen LogP contribution in [0.2, 0.25) is 4.34 Å². The summed E-state index contributed by atoms with van der Waals surface area (Å²) >= 11 is 7.44. The maximum Gasteiger partial charge on any atom is 0.222 e. The number of hydrogen-bond acceptors (Lipinski definition) is 3. The van der Waals surface area contributed by atoms with Crippen molar-refractivity contribution >= 4 is 28.8 Å². The van der Waals surface area contributed by atoms with Crippen molar-refractivity contribution in [3.63, 3.8) is 0 Å². The summed E-state index contributed by atoms with van der Waals surface area (Å²) in [5.41, 5.74) is 6.11. The quantitative estimate of drug-likeness (QED) is 0.933. The van der Waals surface area contributed by atoms with Crippen LogP contribution in [0.15, 0.2) is 12.1 Å². The summed E-state index contributed by atoms with van der Waals surface area (Å²) in [5.74, 6) is 0.226. The van der Waals surface area contributed by atoms with Crippen molar-refractivity contribution < 1.29 is 4.79 Å². The van der Waals surface area contributed by atoms with E-state index in [2.05, 4.69) is 13.8 Å². The van der Waals surface area contributed by atoms with Crippen LogP contribution in [-0.2, 0) is 11.2 Å². The number of halogens is 1. The number of carbonyl (C=O) groups is 1. The van der Waals surface area contributed by atoms with E-state index in [1.54, 1.807) is 11.3 Å². The van der Waals surface area contributed by atoms with E-state index < -0.39 is 0 Å². The van der Waals surface area contributed by atoms with Gasteiger partial charge in [0.2, 0.25) is 5.91 Å². The molecule has 1 aromatic rings. The lowest BCUT2D eigenvalue weighted by molar-refractivity contribution is -0.134. The predicted octanol–water partition coefficient (Wildman–Crippen LogP) is 2.92. The van der Waals surface area contributed by atoms with Gasteiger partial charge in [0, 0.05) is 30.4 Å². The van der Waals surface area contributed by atoms with Gasteiger partial charge in [0.05, 0.1) is 4.34 Å². The number of likely N-dealkylation sites (tertiary alicyclic amines) is 1. The van der Waals surface area contributed by atoms with Crippen molar-refractivity contribution in [1.29, 1.82) is 0 Å². The third-order valence-electron chi connectivity index (χ3n) is 3.88. The molecule has 1 aromatic heterocycles. The first-order valence-electron chi connectivity index (χ1n) is 6.66. The van der Waals surface area contributed by atoms with Gasteiger partial charge < -0.3 is 10.6 Å². The number of thiophene rings is 1. The number of hydrogen-bond donors (Lipinski definition) is 1. The monoisotopic (exact) mass is 300 g/mol. The Balaban J connectivity index is 1.87. The van der Waals surface area contributed by atoms with Crippen LogP contribution >= 0.6 is 22.9 Å². The first-order valence-corrected chi connectivity index (χ1v) is 7.85. The Hall–Kier alpha value is -0.580. The second-order valence-electron chi connectivity index (χ2n) is 5.90. The molecule has 2 heterocycles. The smallest absolute Gasteiger partial charge is 0.222 e. The van der Waals surface area contributed by atoms with E-state index in [1.807, 2.05) is 17.0 Å². The minimum atomic E-state index is 0.0140. The van der Waals surface area contributed by atoms with Gasteiger partial charge in [-0.25, -0.2) is 0 Å². The second-order valence-corrected chi connectivity index (χ2v) is 7.70. The Morgan fingerprint density at radius 2 is 2.32 bits per heavy atom. The van der Waals surface area contributed by atoms with E-state index in [-0.39, 0.29) is 17.4 Å². The molecule has 106 valence electrons. The molecule has 0 aliphatic carbocycles. The number of amides is 1. The molecule has 3 nitrogen and oxygen atoms in total. The van der Waals surface area contributed by atoms with Crippen LogP contribution in [0.4, 0.5) is 0 Å². The van der Waals surface area contributed by atoms with Gasteiger partial charge in [0.15, 0.2) is 0 Å². The van der Waals surface area contributed by atoms with E-state index in [0.717, 1.165) is 30.3 Å². The normalized spacial score (nSPS) is 22.5. The predicted molar refractivity (Wildman–Crippen MR) is 80.6 cm³/mol. The van der Waals surface area contributed by atoms with E-state index in [0.29, 0.717) is 6.42 Å². The summed E-state index contributed by atoms with van der Waals surface area (Å²) in [5, 5.41) is 0. The molecule has 0 radical (unpaired) electrons. The average Bonchev–Trinajstić information content (AvgIpc) is 2.75. The lowest BCUT2D eigenvalue weighted by Crippen LogP contribution is -2.54. The van der Waals surface area contributed by atoms with Crippen LogP contribution in [-0.4, -0.2) is 29.9 Å². The molecule has 1 aliphatic rings. The van der Waals surface area contributed by atoms with Crippen LogP contribution in [0, 0.1) is 5.41 Å². The number of nitrogens with zero attached hydrogens (tertiary/aromatic N) is 1. The highest BCUT2D eigenvalue weighted by Gasteiger charge is 2.34. The highest BCUT2D eigenvalue weighted by atomic mass is 35.5. The van der Waals surface area contributed by atoms with Gasteiger partial charge in [-0.05, 0) is 30.4 Å². The van der Waals surface area contributed by atoms with Crippen molar-refractivity contribution in [3.8, 4) is 0 Å². The molecule has 1 fully saturated rings. The number of rotatable bonds is 3.